The number of rotatable bonds is 5. The van der Waals surface area contributed by atoms with Crippen LogP contribution in [0, 0.1) is 0 Å². The van der Waals surface area contributed by atoms with Gasteiger partial charge in [0.25, 0.3) is 0 Å². The lowest BCUT2D eigenvalue weighted by Gasteiger charge is -2.11. The quantitative estimate of drug-likeness (QED) is 0.828. The molecule has 6 heteroatoms. The van der Waals surface area contributed by atoms with Gasteiger partial charge in [0.2, 0.25) is 11.9 Å². The Kier molecular flexibility index (Phi) is 3.76. The molecule has 0 bridgehead atoms. The van der Waals surface area contributed by atoms with Crippen molar-refractivity contribution in [3.63, 3.8) is 0 Å². The Balaban J connectivity index is 2.02. The third kappa shape index (κ3) is 2.77. The fourth-order valence-corrected chi connectivity index (χ4v) is 1.55. The van der Waals surface area contributed by atoms with E-state index in [9.17, 15) is 4.79 Å². The largest absolute Gasteiger partial charge is 0.354 e. The summed E-state index contributed by atoms with van der Waals surface area (Å²) in [7, 11) is 0. The van der Waals surface area contributed by atoms with E-state index in [2.05, 4.69) is 20.7 Å². The lowest BCUT2D eigenvalue weighted by atomic mass is 10.3. The van der Waals surface area contributed by atoms with Crippen molar-refractivity contribution < 1.29 is 4.79 Å². The maximum absolute atomic E-state index is 11.7. The van der Waals surface area contributed by atoms with E-state index in [0.717, 1.165) is 12.1 Å². The van der Waals surface area contributed by atoms with Crippen LogP contribution in [0.25, 0.3) is 5.65 Å². The minimum Gasteiger partial charge on any atom is -0.354 e. The van der Waals surface area contributed by atoms with Crippen LogP contribution in [0.2, 0.25) is 0 Å². The number of nitrogens with one attached hydrogen (secondary N) is 2. The van der Waals surface area contributed by atoms with Crippen molar-refractivity contribution in [2.45, 2.75) is 26.3 Å². The summed E-state index contributed by atoms with van der Waals surface area (Å²) >= 11 is 0. The van der Waals surface area contributed by atoms with Gasteiger partial charge < -0.3 is 10.6 Å². The highest BCUT2D eigenvalue weighted by Crippen LogP contribution is 2.05. The number of amides is 1. The molecule has 0 saturated heterocycles. The lowest BCUT2D eigenvalue weighted by molar-refractivity contribution is -0.121. The van der Waals surface area contributed by atoms with Crippen molar-refractivity contribution in [2.24, 2.45) is 0 Å². The second kappa shape index (κ2) is 5.48. The fourth-order valence-electron chi connectivity index (χ4n) is 1.55. The molecule has 2 N–H and O–H groups in total. The smallest absolute Gasteiger partial charge is 0.243 e. The number of aromatic nitrogens is 3. The summed E-state index contributed by atoms with van der Waals surface area (Å²) in [6.07, 6.45) is 2.74. The zero-order chi connectivity index (χ0) is 13.0. The van der Waals surface area contributed by atoms with E-state index in [1.165, 1.54) is 0 Å². The SMILES string of the molecule is CCCNC(=O)C(C)Nc1nc2ccccn2n1. The van der Waals surface area contributed by atoms with Crippen LogP contribution in [0.4, 0.5) is 5.95 Å². The molecule has 2 aromatic heterocycles. The molecule has 0 aliphatic rings. The number of fused-ring (bicyclic) bond motifs is 1. The van der Waals surface area contributed by atoms with Crippen LogP contribution in [0.15, 0.2) is 24.4 Å². The maximum atomic E-state index is 11.7. The van der Waals surface area contributed by atoms with Crippen molar-refractivity contribution in [1.82, 2.24) is 19.9 Å². The third-order valence-corrected chi connectivity index (χ3v) is 2.53. The molecular weight excluding hydrogens is 230 g/mol. The van der Waals surface area contributed by atoms with Crippen LogP contribution in [0.5, 0.6) is 0 Å². The zero-order valence-electron chi connectivity index (χ0n) is 10.6. The highest BCUT2D eigenvalue weighted by Gasteiger charge is 2.13. The van der Waals surface area contributed by atoms with Crippen molar-refractivity contribution in [1.29, 1.82) is 0 Å². The van der Waals surface area contributed by atoms with Gasteiger partial charge in [-0.2, -0.15) is 4.98 Å². The monoisotopic (exact) mass is 247 g/mol. The Bertz CT molecular complexity index is 503. The van der Waals surface area contributed by atoms with Crippen LogP contribution < -0.4 is 10.6 Å². The molecule has 1 unspecified atom stereocenters. The van der Waals surface area contributed by atoms with Gasteiger partial charge in [0.05, 0.1) is 0 Å². The average molecular weight is 247 g/mol. The molecule has 0 aliphatic heterocycles. The van der Waals surface area contributed by atoms with E-state index in [1.807, 2.05) is 31.3 Å². The Hall–Kier alpha value is -2.11. The molecule has 0 spiro atoms. The van der Waals surface area contributed by atoms with Crippen LogP contribution in [-0.4, -0.2) is 33.1 Å². The van der Waals surface area contributed by atoms with Gasteiger partial charge in [-0.1, -0.05) is 13.0 Å². The Morgan fingerprint density at radius 1 is 1.50 bits per heavy atom. The van der Waals surface area contributed by atoms with Crippen LogP contribution in [0.1, 0.15) is 20.3 Å². The number of anilines is 1. The standard InChI is InChI=1S/C12H17N5O/c1-3-7-13-11(18)9(2)14-12-15-10-6-4-5-8-17(10)16-12/h4-6,8-9H,3,7H2,1-2H3,(H,13,18)(H,14,16). The minimum absolute atomic E-state index is 0.0456. The third-order valence-electron chi connectivity index (χ3n) is 2.53. The summed E-state index contributed by atoms with van der Waals surface area (Å²) in [5.74, 6) is 0.413. The first-order chi connectivity index (χ1) is 8.70. The molecule has 2 heterocycles. The number of carbonyl (C=O) groups is 1. The second-order valence-corrected chi connectivity index (χ2v) is 4.10. The number of nitrogens with zero attached hydrogens (tertiary/aromatic N) is 3. The van der Waals surface area contributed by atoms with Gasteiger partial charge in [-0.25, -0.2) is 4.52 Å². The highest BCUT2D eigenvalue weighted by atomic mass is 16.2. The molecule has 18 heavy (non-hydrogen) atoms. The molecular formula is C12H17N5O. The van der Waals surface area contributed by atoms with Gasteiger partial charge in [-0.05, 0) is 25.5 Å². The van der Waals surface area contributed by atoms with E-state index >= 15 is 0 Å². The van der Waals surface area contributed by atoms with Gasteiger partial charge in [-0.3, -0.25) is 4.79 Å². The van der Waals surface area contributed by atoms with Crippen molar-refractivity contribution in [2.75, 3.05) is 11.9 Å². The van der Waals surface area contributed by atoms with Crippen molar-refractivity contribution >= 4 is 17.5 Å². The molecule has 0 aromatic carbocycles. The van der Waals surface area contributed by atoms with Gasteiger partial charge in [0.1, 0.15) is 6.04 Å². The summed E-state index contributed by atoms with van der Waals surface area (Å²) in [6.45, 7) is 4.49. The molecule has 6 nitrogen and oxygen atoms in total. The molecule has 0 fully saturated rings. The molecule has 1 atom stereocenters. The van der Waals surface area contributed by atoms with E-state index in [1.54, 1.807) is 11.4 Å². The van der Waals surface area contributed by atoms with Crippen LogP contribution in [0.3, 0.4) is 0 Å². The Morgan fingerprint density at radius 2 is 2.33 bits per heavy atom. The van der Waals surface area contributed by atoms with E-state index in [-0.39, 0.29) is 11.9 Å². The first-order valence-electron chi connectivity index (χ1n) is 6.06. The number of carbonyl (C=O) groups excluding carboxylic acids is 1. The first-order valence-corrected chi connectivity index (χ1v) is 6.06. The van der Waals surface area contributed by atoms with Crippen LogP contribution >= 0.6 is 0 Å². The van der Waals surface area contributed by atoms with Gasteiger partial charge >= 0.3 is 0 Å². The minimum atomic E-state index is -0.353. The molecule has 0 saturated carbocycles. The molecule has 0 aliphatic carbocycles. The lowest BCUT2D eigenvalue weighted by Crippen LogP contribution is -2.38. The fraction of sp³-hybridized carbons (Fsp3) is 0.417. The highest BCUT2D eigenvalue weighted by molar-refractivity contribution is 5.83. The van der Waals surface area contributed by atoms with Gasteiger partial charge in [-0.15, -0.1) is 5.10 Å². The van der Waals surface area contributed by atoms with E-state index in [0.29, 0.717) is 12.5 Å². The molecule has 2 aromatic rings. The number of hydrogen-bond acceptors (Lipinski definition) is 4. The average Bonchev–Trinajstić information content (AvgIpc) is 2.77. The predicted molar refractivity (Wildman–Crippen MR) is 69.4 cm³/mol. The summed E-state index contributed by atoms with van der Waals surface area (Å²) < 4.78 is 1.67. The first kappa shape index (κ1) is 12.3. The Morgan fingerprint density at radius 3 is 3.06 bits per heavy atom. The number of pyridine rings is 1. The number of hydrogen-bond donors (Lipinski definition) is 2. The van der Waals surface area contributed by atoms with E-state index in [4.69, 9.17) is 0 Å². The van der Waals surface area contributed by atoms with Gasteiger partial charge in [0, 0.05) is 12.7 Å². The van der Waals surface area contributed by atoms with Crippen molar-refractivity contribution in [3.05, 3.63) is 24.4 Å². The summed E-state index contributed by atoms with van der Waals surface area (Å²) in [5.41, 5.74) is 0.751. The summed E-state index contributed by atoms with van der Waals surface area (Å²) in [4.78, 5) is 16.0. The molecule has 0 radical (unpaired) electrons. The summed E-state index contributed by atoms with van der Waals surface area (Å²) in [6, 6.07) is 5.28. The van der Waals surface area contributed by atoms with Gasteiger partial charge in [0.15, 0.2) is 5.65 Å². The predicted octanol–water partition coefficient (Wildman–Crippen LogP) is 1.06. The second-order valence-electron chi connectivity index (χ2n) is 4.10. The molecule has 2 rings (SSSR count). The van der Waals surface area contributed by atoms with Crippen LogP contribution in [-0.2, 0) is 4.79 Å². The molecule has 96 valence electrons. The normalized spacial score (nSPS) is 12.3. The van der Waals surface area contributed by atoms with Crippen molar-refractivity contribution in [3.8, 4) is 0 Å². The summed E-state index contributed by atoms with van der Waals surface area (Å²) in [5, 5.41) is 10.0. The Labute approximate surface area is 105 Å². The van der Waals surface area contributed by atoms with E-state index < -0.39 is 0 Å². The molecule has 1 amide bonds. The topological polar surface area (TPSA) is 71.3 Å². The maximum Gasteiger partial charge on any atom is 0.243 e. The zero-order valence-corrected chi connectivity index (χ0v) is 10.6.